The average Bonchev–Trinajstić information content (AvgIpc) is 2.18. The van der Waals surface area contributed by atoms with Crippen molar-refractivity contribution in [1.29, 1.82) is 0 Å². The third kappa shape index (κ3) is 4.44. The topological polar surface area (TPSA) is 60.8 Å². The monoisotopic (exact) mass is 237 g/mol. The lowest BCUT2D eigenvalue weighted by Crippen LogP contribution is -2.40. The lowest BCUT2D eigenvalue weighted by molar-refractivity contribution is -0.131. The van der Waals surface area contributed by atoms with E-state index in [0.29, 0.717) is 5.56 Å². The van der Waals surface area contributed by atoms with Crippen LogP contribution in [-0.2, 0) is 11.2 Å². The number of phenols is 1. The number of likely N-dealkylation sites (N-methyl/N-ethyl adjacent to an activating group) is 1. The van der Waals surface area contributed by atoms with Gasteiger partial charge in [-0.05, 0) is 19.9 Å². The molecule has 0 unspecified atom stereocenters. The third-order valence-electron chi connectivity index (χ3n) is 2.38. The molecule has 0 fully saturated rings. The van der Waals surface area contributed by atoms with Crippen molar-refractivity contribution in [3.05, 3.63) is 29.8 Å². The Balaban J connectivity index is 2.64. The zero-order chi connectivity index (χ0) is 13.1. The van der Waals surface area contributed by atoms with Gasteiger partial charge in [-0.15, -0.1) is 0 Å². The van der Waals surface area contributed by atoms with Crippen LogP contribution < -0.4 is 0 Å². The van der Waals surface area contributed by atoms with Gasteiger partial charge in [-0.25, -0.2) is 0 Å². The summed E-state index contributed by atoms with van der Waals surface area (Å²) in [6.45, 7) is 3.56. The summed E-state index contributed by atoms with van der Waals surface area (Å²) >= 11 is 0. The van der Waals surface area contributed by atoms with E-state index in [9.17, 15) is 15.0 Å². The van der Waals surface area contributed by atoms with Crippen molar-refractivity contribution in [3.8, 4) is 5.75 Å². The molecule has 0 aromatic heterocycles. The minimum Gasteiger partial charge on any atom is -0.508 e. The molecule has 94 valence electrons. The number of carbonyl (C=O) groups is 1. The van der Waals surface area contributed by atoms with Crippen LogP contribution in [0.25, 0.3) is 0 Å². The predicted molar refractivity (Wildman–Crippen MR) is 65.7 cm³/mol. The second-order valence-electron chi connectivity index (χ2n) is 4.87. The number of amides is 1. The van der Waals surface area contributed by atoms with Gasteiger partial charge >= 0.3 is 0 Å². The van der Waals surface area contributed by atoms with Crippen LogP contribution >= 0.6 is 0 Å². The Morgan fingerprint density at radius 3 is 2.47 bits per heavy atom. The second-order valence-corrected chi connectivity index (χ2v) is 4.87. The van der Waals surface area contributed by atoms with Crippen molar-refractivity contribution in [2.45, 2.75) is 25.9 Å². The highest BCUT2D eigenvalue weighted by Gasteiger charge is 2.19. The van der Waals surface area contributed by atoms with Crippen LogP contribution in [-0.4, -0.2) is 40.2 Å². The number of aliphatic hydroxyl groups is 1. The maximum atomic E-state index is 11.8. The Morgan fingerprint density at radius 2 is 1.94 bits per heavy atom. The van der Waals surface area contributed by atoms with E-state index in [0.717, 1.165) is 0 Å². The number of hydrogen-bond acceptors (Lipinski definition) is 3. The van der Waals surface area contributed by atoms with Gasteiger partial charge in [0.15, 0.2) is 0 Å². The summed E-state index contributed by atoms with van der Waals surface area (Å²) < 4.78 is 0. The molecule has 0 spiro atoms. The number of carbonyl (C=O) groups excluding carboxylic acids is 1. The highest BCUT2D eigenvalue weighted by molar-refractivity contribution is 5.79. The Kier molecular flexibility index (Phi) is 4.12. The van der Waals surface area contributed by atoms with Crippen LogP contribution in [0.15, 0.2) is 24.3 Å². The van der Waals surface area contributed by atoms with Crippen molar-refractivity contribution in [2.75, 3.05) is 13.6 Å². The zero-order valence-electron chi connectivity index (χ0n) is 10.5. The van der Waals surface area contributed by atoms with Crippen LogP contribution in [0.4, 0.5) is 0 Å². The molecule has 0 aliphatic heterocycles. The first-order chi connectivity index (χ1) is 7.79. The number of para-hydroxylation sites is 1. The first-order valence-electron chi connectivity index (χ1n) is 5.53. The molecule has 0 saturated carbocycles. The molecule has 0 atom stereocenters. The number of phenolic OH excluding ortho intramolecular Hbond substituents is 1. The zero-order valence-corrected chi connectivity index (χ0v) is 10.5. The molecule has 0 saturated heterocycles. The van der Waals surface area contributed by atoms with E-state index >= 15 is 0 Å². The fourth-order valence-electron chi connectivity index (χ4n) is 1.63. The molecular weight excluding hydrogens is 218 g/mol. The van der Waals surface area contributed by atoms with Gasteiger partial charge in [0.05, 0.1) is 12.0 Å². The number of hydrogen-bond donors (Lipinski definition) is 2. The number of benzene rings is 1. The van der Waals surface area contributed by atoms with E-state index in [2.05, 4.69) is 0 Å². The largest absolute Gasteiger partial charge is 0.508 e. The molecule has 1 rings (SSSR count). The summed E-state index contributed by atoms with van der Waals surface area (Å²) in [4.78, 5) is 13.3. The molecular formula is C13H19NO3. The molecule has 4 heteroatoms. The SMILES string of the molecule is CN(CC(C)(C)O)C(=O)Cc1ccccc1O. The molecule has 4 nitrogen and oxygen atoms in total. The average molecular weight is 237 g/mol. The van der Waals surface area contributed by atoms with Gasteiger partial charge in [-0.3, -0.25) is 4.79 Å². The van der Waals surface area contributed by atoms with Crippen LogP contribution in [0.5, 0.6) is 5.75 Å². The predicted octanol–water partition coefficient (Wildman–Crippen LogP) is 1.16. The standard InChI is InChI=1S/C13H19NO3/c1-13(2,17)9-14(3)12(16)8-10-6-4-5-7-11(10)15/h4-7,15,17H,8-9H2,1-3H3. The normalized spacial score (nSPS) is 11.3. The number of nitrogens with zero attached hydrogens (tertiary/aromatic N) is 1. The molecule has 0 bridgehead atoms. The molecule has 0 aliphatic rings. The first kappa shape index (κ1) is 13.5. The van der Waals surface area contributed by atoms with Gasteiger partial charge in [0.2, 0.25) is 5.91 Å². The van der Waals surface area contributed by atoms with Gasteiger partial charge in [-0.1, -0.05) is 18.2 Å². The number of aromatic hydroxyl groups is 1. The van der Waals surface area contributed by atoms with Gasteiger partial charge in [-0.2, -0.15) is 0 Å². The Hall–Kier alpha value is -1.55. The Labute approximate surface area is 101 Å². The summed E-state index contributed by atoms with van der Waals surface area (Å²) in [5.74, 6) is -0.00821. The van der Waals surface area contributed by atoms with Crippen LogP contribution in [0.2, 0.25) is 0 Å². The van der Waals surface area contributed by atoms with Crippen molar-refractivity contribution in [1.82, 2.24) is 4.90 Å². The van der Waals surface area contributed by atoms with Crippen LogP contribution in [0, 0.1) is 0 Å². The second kappa shape index (κ2) is 5.19. The maximum Gasteiger partial charge on any atom is 0.226 e. The van der Waals surface area contributed by atoms with Crippen molar-refractivity contribution < 1.29 is 15.0 Å². The molecule has 1 amide bonds. The minimum atomic E-state index is -0.914. The van der Waals surface area contributed by atoms with Crippen molar-refractivity contribution >= 4 is 5.91 Å². The smallest absolute Gasteiger partial charge is 0.226 e. The highest BCUT2D eigenvalue weighted by atomic mass is 16.3. The molecule has 1 aromatic rings. The van der Waals surface area contributed by atoms with Gasteiger partial charge in [0, 0.05) is 19.2 Å². The lowest BCUT2D eigenvalue weighted by atomic mass is 10.1. The van der Waals surface area contributed by atoms with E-state index in [1.807, 2.05) is 0 Å². The van der Waals surface area contributed by atoms with Crippen molar-refractivity contribution in [3.63, 3.8) is 0 Å². The molecule has 17 heavy (non-hydrogen) atoms. The molecule has 2 N–H and O–H groups in total. The van der Waals surface area contributed by atoms with E-state index < -0.39 is 5.60 Å². The van der Waals surface area contributed by atoms with Crippen molar-refractivity contribution in [2.24, 2.45) is 0 Å². The summed E-state index contributed by atoms with van der Waals surface area (Å²) in [6, 6.07) is 6.76. The quantitative estimate of drug-likeness (QED) is 0.826. The third-order valence-corrected chi connectivity index (χ3v) is 2.38. The fraction of sp³-hybridized carbons (Fsp3) is 0.462. The van der Waals surface area contributed by atoms with Gasteiger partial charge in [0.1, 0.15) is 5.75 Å². The van der Waals surface area contributed by atoms with E-state index in [-0.39, 0.29) is 24.6 Å². The Morgan fingerprint density at radius 1 is 1.35 bits per heavy atom. The highest BCUT2D eigenvalue weighted by Crippen LogP contribution is 2.17. The Bertz CT molecular complexity index is 396. The first-order valence-corrected chi connectivity index (χ1v) is 5.53. The van der Waals surface area contributed by atoms with Crippen LogP contribution in [0.3, 0.4) is 0 Å². The number of rotatable bonds is 4. The summed E-state index contributed by atoms with van der Waals surface area (Å²) in [6.07, 6.45) is 0.138. The van der Waals surface area contributed by atoms with Gasteiger partial charge in [0.25, 0.3) is 0 Å². The molecule has 1 aromatic carbocycles. The molecule has 0 heterocycles. The molecule has 0 aliphatic carbocycles. The fourth-order valence-corrected chi connectivity index (χ4v) is 1.63. The maximum absolute atomic E-state index is 11.8. The van der Waals surface area contributed by atoms with E-state index in [1.54, 1.807) is 45.2 Å². The summed E-state index contributed by atoms with van der Waals surface area (Å²) in [5, 5.41) is 19.2. The van der Waals surface area contributed by atoms with E-state index in [4.69, 9.17) is 0 Å². The van der Waals surface area contributed by atoms with Gasteiger partial charge < -0.3 is 15.1 Å². The minimum absolute atomic E-state index is 0.123. The summed E-state index contributed by atoms with van der Waals surface area (Å²) in [5.41, 5.74) is -0.316. The summed E-state index contributed by atoms with van der Waals surface area (Å²) in [7, 11) is 1.64. The van der Waals surface area contributed by atoms with Crippen LogP contribution in [0.1, 0.15) is 19.4 Å². The van der Waals surface area contributed by atoms with E-state index in [1.165, 1.54) is 4.90 Å². The molecule has 0 radical (unpaired) electrons. The lowest BCUT2D eigenvalue weighted by Gasteiger charge is -2.25.